The number of ether oxygens (including phenoxy) is 1. The van der Waals surface area contributed by atoms with Crippen molar-refractivity contribution in [2.24, 2.45) is 0 Å². The molecule has 1 aromatic rings. The molecule has 2 heterocycles. The molecule has 2 aliphatic rings. The average molecular weight is 324 g/mol. The Morgan fingerprint density at radius 3 is 2.55 bits per heavy atom. The fraction of sp³-hybridized carbons (Fsp3) is 0.533. The number of likely N-dealkylation sites (tertiary alicyclic amines) is 1. The third-order valence-corrected chi connectivity index (χ3v) is 6.09. The van der Waals surface area contributed by atoms with E-state index in [1.807, 2.05) is 0 Å². The van der Waals surface area contributed by atoms with E-state index >= 15 is 0 Å². The summed E-state index contributed by atoms with van der Waals surface area (Å²) in [4.78, 5) is 14.3. The molecule has 0 atom stereocenters. The van der Waals surface area contributed by atoms with E-state index in [0.29, 0.717) is 18.7 Å². The Bertz CT molecular complexity index is 662. The molecule has 2 saturated heterocycles. The first-order chi connectivity index (χ1) is 10.5. The van der Waals surface area contributed by atoms with Crippen molar-refractivity contribution in [2.75, 3.05) is 33.3 Å². The van der Waals surface area contributed by atoms with Crippen LogP contribution in [-0.2, 0) is 14.8 Å². The van der Waals surface area contributed by atoms with E-state index in [9.17, 15) is 13.2 Å². The predicted octanol–water partition coefficient (Wildman–Crippen LogP) is 0.942. The van der Waals surface area contributed by atoms with Crippen LogP contribution < -0.4 is 0 Å². The van der Waals surface area contributed by atoms with Gasteiger partial charge in [0.05, 0.1) is 11.0 Å². The van der Waals surface area contributed by atoms with Crippen molar-refractivity contribution in [3.8, 4) is 0 Å². The molecule has 0 spiro atoms. The Kier molecular flexibility index (Phi) is 4.20. The first kappa shape index (κ1) is 15.5. The fourth-order valence-corrected chi connectivity index (χ4v) is 4.34. The second kappa shape index (κ2) is 5.98. The topological polar surface area (TPSA) is 66.9 Å². The molecular weight excluding hydrogens is 304 g/mol. The molecule has 0 aliphatic carbocycles. The van der Waals surface area contributed by atoms with Crippen molar-refractivity contribution in [2.45, 2.75) is 23.8 Å². The lowest BCUT2D eigenvalue weighted by Gasteiger charge is -2.36. The first-order valence-electron chi connectivity index (χ1n) is 7.44. The monoisotopic (exact) mass is 324 g/mol. The van der Waals surface area contributed by atoms with Gasteiger partial charge in [-0.15, -0.1) is 0 Å². The van der Waals surface area contributed by atoms with Crippen molar-refractivity contribution in [1.29, 1.82) is 0 Å². The molecule has 0 unspecified atom stereocenters. The van der Waals surface area contributed by atoms with E-state index in [0.717, 1.165) is 25.9 Å². The Labute approximate surface area is 130 Å². The second-order valence-electron chi connectivity index (χ2n) is 5.71. The van der Waals surface area contributed by atoms with E-state index in [-0.39, 0.29) is 16.9 Å². The average Bonchev–Trinajstić information content (AvgIpc) is 2.99. The number of hydrogen-bond donors (Lipinski definition) is 0. The van der Waals surface area contributed by atoms with Crippen LogP contribution in [0.25, 0.3) is 0 Å². The van der Waals surface area contributed by atoms with E-state index in [4.69, 9.17) is 4.74 Å². The summed E-state index contributed by atoms with van der Waals surface area (Å²) >= 11 is 0. The summed E-state index contributed by atoms with van der Waals surface area (Å²) in [5.41, 5.74) is 0.437. The molecule has 0 radical (unpaired) electrons. The molecule has 7 heteroatoms. The molecule has 2 fully saturated rings. The number of carbonyl (C=O) groups is 1. The number of sulfonamides is 1. The van der Waals surface area contributed by atoms with Crippen LogP contribution >= 0.6 is 0 Å². The highest BCUT2D eigenvalue weighted by atomic mass is 32.2. The van der Waals surface area contributed by atoms with Gasteiger partial charge in [0, 0.05) is 38.9 Å². The van der Waals surface area contributed by atoms with Gasteiger partial charge in [-0.3, -0.25) is 4.79 Å². The molecule has 6 nitrogen and oxygen atoms in total. The lowest BCUT2D eigenvalue weighted by Crippen LogP contribution is -2.54. The Morgan fingerprint density at radius 2 is 1.91 bits per heavy atom. The minimum atomic E-state index is -3.54. The van der Waals surface area contributed by atoms with Crippen molar-refractivity contribution in [3.63, 3.8) is 0 Å². The number of benzene rings is 1. The molecule has 0 bridgehead atoms. The first-order valence-corrected chi connectivity index (χ1v) is 8.88. The van der Waals surface area contributed by atoms with Crippen LogP contribution in [0, 0.1) is 0 Å². The van der Waals surface area contributed by atoms with Gasteiger partial charge in [0.25, 0.3) is 5.91 Å². The van der Waals surface area contributed by atoms with E-state index in [1.54, 1.807) is 24.1 Å². The number of methoxy groups -OCH3 is 1. The second-order valence-corrected chi connectivity index (χ2v) is 7.64. The molecular formula is C15H20N2O4S. The van der Waals surface area contributed by atoms with Crippen molar-refractivity contribution < 1.29 is 17.9 Å². The highest BCUT2D eigenvalue weighted by Gasteiger charge is 2.37. The standard InChI is InChI=1S/C15H20N2O4S/c1-21-13-10-17(11-13)22(19,20)14-6-4-5-12(9-14)15(18)16-7-2-3-8-16/h4-6,9,13H,2-3,7-8,10-11H2,1H3. The number of rotatable bonds is 4. The lowest BCUT2D eigenvalue weighted by atomic mass is 10.2. The zero-order valence-electron chi connectivity index (χ0n) is 12.6. The third kappa shape index (κ3) is 2.76. The van der Waals surface area contributed by atoms with Gasteiger partial charge in [-0.05, 0) is 31.0 Å². The SMILES string of the molecule is COC1CN(S(=O)(=O)c2cccc(C(=O)N3CCCC3)c2)C1. The summed E-state index contributed by atoms with van der Waals surface area (Å²) in [6, 6.07) is 6.32. The molecule has 1 amide bonds. The number of amides is 1. The molecule has 0 N–H and O–H groups in total. The van der Waals surface area contributed by atoms with Gasteiger partial charge in [0.2, 0.25) is 10.0 Å². The van der Waals surface area contributed by atoms with Crippen LogP contribution in [-0.4, -0.2) is 62.9 Å². The molecule has 0 saturated carbocycles. The normalized spacial score (nSPS) is 20.1. The van der Waals surface area contributed by atoms with Crippen molar-refractivity contribution in [1.82, 2.24) is 9.21 Å². The van der Waals surface area contributed by atoms with Gasteiger partial charge in [-0.1, -0.05) is 6.07 Å². The quantitative estimate of drug-likeness (QED) is 0.827. The maximum atomic E-state index is 12.5. The Balaban J connectivity index is 1.80. The Hall–Kier alpha value is -1.44. The maximum Gasteiger partial charge on any atom is 0.253 e. The van der Waals surface area contributed by atoms with Crippen LogP contribution in [0.15, 0.2) is 29.2 Å². The zero-order valence-corrected chi connectivity index (χ0v) is 13.4. The molecule has 3 rings (SSSR count). The third-order valence-electron chi connectivity index (χ3n) is 4.26. The summed E-state index contributed by atoms with van der Waals surface area (Å²) in [7, 11) is -1.97. The van der Waals surface area contributed by atoms with Gasteiger partial charge >= 0.3 is 0 Å². The van der Waals surface area contributed by atoms with Gasteiger partial charge in [-0.25, -0.2) is 8.42 Å². The van der Waals surface area contributed by atoms with E-state index < -0.39 is 10.0 Å². The fourth-order valence-electron chi connectivity index (χ4n) is 2.79. The molecule has 1 aromatic carbocycles. The number of hydrogen-bond acceptors (Lipinski definition) is 4. The van der Waals surface area contributed by atoms with Gasteiger partial charge in [0.15, 0.2) is 0 Å². The van der Waals surface area contributed by atoms with Gasteiger partial charge in [0.1, 0.15) is 0 Å². The van der Waals surface area contributed by atoms with Gasteiger partial charge in [-0.2, -0.15) is 4.31 Å². The minimum absolute atomic E-state index is 0.0378. The van der Waals surface area contributed by atoms with E-state index in [1.165, 1.54) is 16.4 Å². The van der Waals surface area contributed by atoms with Crippen LogP contribution in [0.5, 0.6) is 0 Å². The van der Waals surface area contributed by atoms with E-state index in [2.05, 4.69) is 0 Å². The minimum Gasteiger partial charge on any atom is -0.379 e. The predicted molar refractivity (Wildman–Crippen MR) is 81.1 cm³/mol. The maximum absolute atomic E-state index is 12.5. The highest BCUT2D eigenvalue weighted by molar-refractivity contribution is 7.89. The summed E-state index contributed by atoms with van der Waals surface area (Å²) in [6.07, 6.45) is 1.98. The van der Waals surface area contributed by atoms with Crippen LogP contribution in [0.2, 0.25) is 0 Å². The smallest absolute Gasteiger partial charge is 0.253 e. The number of nitrogens with zero attached hydrogens (tertiary/aromatic N) is 2. The Morgan fingerprint density at radius 1 is 1.23 bits per heavy atom. The van der Waals surface area contributed by atoms with Crippen LogP contribution in [0.4, 0.5) is 0 Å². The zero-order chi connectivity index (χ0) is 15.7. The lowest BCUT2D eigenvalue weighted by molar-refractivity contribution is 0.0125. The number of carbonyl (C=O) groups excluding carboxylic acids is 1. The van der Waals surface area contributed by atoms with Crippen LogP contribution in [0.1, 0.15) is 23.2 Å². The van der Waals surface area contributed by atoms with Gasteiger partial charge < -0.3 is 9.64 Å². The molecule has 120 valence electrons. The van der Waals surface area contributed by atoms with Crippen molar-refractivity contribution in [3.05, 3.63) is 29.8 Å². The summed E-state index contributed by atoms with van der Waals surface area (Å²) < 4.78 is 31.5. The molecule has 2 aliphatic heterocycles. The summed E-state index contributed by atoms with van der Waals surface area (Å²) in [6.45, 7) is 2.22. The summed E-state index contributed by atoms with van der Waals surface area (Å²) in [5.74, 6) is -0.0899. The molecule has 22 heavy (non-hydrogen) atoms. The largest absolute Gasteiger partial charge is 0.379 e. The van der Waals surface area contributed by atoms with Crippen LogP contribution in [0.3, 0.4) is 0 Å². The molecule has 0 aromatic heterocycles. The van der Waals surface area contributed by atoms with Crippen molar-refractivity contribution >= 4 is 15.9 Å². The summed E-state index contributed by atoms with van der Waals surface area (Å²) in [5, 5.41) is 0. The highest BCUT2D eigenvalue weighted by Crippen LogP contribution is 2.24.